The lowest BCUT2D eigenvalue weighted by atomic mass is 10.1. The monoisotopic (exact) mass is 185 g/mol. The van der Waals surface area contributed by atoms with Gasteiger partial charge in [-0.2, -0.15) is 0 Å². The fraction of sp³-hybridized carbons (Fsp3) is 0.909. The van der Waals surface area contributed by atoms with Crippen LogP contribution in [0.25, 0.3) is 0 Å². The van der Waals surface area contributed by atoms with E-state index in [4.69, 9.17) is 0 Å². The van der Waals surface area contributed by atoms with Gasteiger partial charge in [0.2, 0.25) is 6.08 Å². The van der Waals surface area contributed by atoms with Crippen LogP contribution < -0.4 is 0 Å². The number of unbranched alkanes of at least 4 members (excludes halogenated alkanes) is 5. The third-order valence-corrected chi connectivity index (χ3v) is 1.69. The molecule has 0 radical (unpaired) electrons. The molecular weight excluding hydrogens is 162 g/mol. The molecule has 0 heterocycles. The molecule has 0 atom stereocenters. The number of isocyanates is 1. The Morgan fingerprint density at radius 3 is 2.08 bits per heavy atom. The van der Waals surface area contributed by atoms with Gasteiger partial charge in [0.15, 0.2) is 0 Å². The van der Waals surface area contributed by atoms with Crippen molar-refractivity contribution in [3.05, 3.63) is 0 Å². The molecular formula is C11H23NO. The van der Waals surface area contributed by atoms with Crippen molar-refractivity contribution in [3.63, 3.8) is 0 Å². The van der Waals surface area contributed by atoms with Gasteiger partial charge in [-0.25, -0.2) is 9.79 Å². The van der Waals surface area contributed by atoms with Crippen molar-refractivity contribution in [1.29, 1.82) is 0 Å². The Hall–Kier alpha value is -0.620. The molecule has 2 heteroatoms. The zero-order valence-corrected chi connectivity index (χ0v) is 9.31. The maximum atomic E-state index is 9.65. The highest BCUT2D eigenvalue weighted by Gasteiger charge is 1.87. The highest BCUT2D eigenvalue weighted by Crippen LogP contribution is 2.04. The first-order valence-corrected chi connectivity index (χ1v) is 5.45. The average Bonchev–Trinajstić information content (AvgIpc) is 2.20. The van der Waals surface area contributed by atoms with Crippen molar-refractivity contribution in [3.8, 4) is 0 Å². The van der Waals surface area contributed by atoms with E-state index in [1.807, 2.05) is 13.8 Å². The van der Waals surface area contributed by atoms with E-state index in [9.17, 15) is 4.79 Å². The number of aliphatic imine (C=N–C) groups is 1. The van der Waals surface area contributed by atoms with Crippen LogP contribution in [0.2, 0.25) is 0 Å². The molecule has 0 aromatic heterocycles. The number of rotatable bonds is 7. The molecule has 0 amide bonds. The summed E-state index contributed by atoms with van der Waals surface area (Å²) < 4.78 is 0. The van der Waals surface area contributed by atoms with E-state index in [-0.39, 0.29) is 0 Å². The van der Waals surface area contributed by atoms with Gasteiger partial charge in [-0.05, 0) is 6.42 Å². The van der Waals surface area contributed by atoms with Crippen LogP contribution in [0, 0.1) is 0 Å². The van der Waals surface area contributed by atoms with Gasteiger partial charge in [0.25, 0.3) is 0 Å². The first-order valence-electron chi connectivity index (χ1n) is 5.45. The summed E-state index contributed by atoms with van der Waals surface area (Å²) in [6.07, 6.45) is 9.00. The minimum Gasteiger partial charge on any atom is -0.211 e. The molecule has 0 saturated heterocycles. The summed E-state index contributed by atoms with van der Waals surface area (Å²) >= 11 is 0. The van der Waals surface area contributed by atoms with Crippen LogP contribution in [-0.2, 0) is 4.79 Å². The number of hydrogen-bond donors (Lipinski definition) is 0. The minimum absolute atomic E-state index is 0.662. The highest BCUT2D eigenvalue weighted by atomic mass is 16.1. The van der Waals surface area contributed by atoms with Gasteiger partial charge in [-0.3, -0.25) is 0 Å². The van der Waals surface area contributed by atoms with Crippen molar-refractivity contribution in [1.82, 2.24) is 0 Å². The third-order valence-electron chi connectivity index (χ3n) is 1.69. The summed E-state index contributed by atoms with van der Waals surface area (Å²) in [6, 6.07) is 0. The largest absolute Gasteiger partial charge is 0.234 e. The van der Waals surface area contributed by atoms with E-state index >= 15 is 0 Å². The first-order chi connectivity index (χ1) is 6.41. The van der Waals surface area contributed by atoms with Gasteiger partial charge in [0.1, 0.15) is 0 Å². The SMILES string of the molecule is CC.CCCCCCCCN=C=O. The molecule has 2 nitrogen and oxygen atoms in total. The molecule has 0 unspecified atom stereocenters. The Morgan fingerprint density at radius 1 is 1.00 bits per heavy atom. The van der Waals surface area contributed by atoms with Gasteiger partial charge >= 0.3 is 0 Å². The Labute approximate surface area is 82.5 Å². The lowest BCUT2D eigenvalue weighted by Gasteiger charge is -1.95. The van der Waals surface area contributed by atoms with E-state index in [1.54, 1.807) is 6.08 Å². The second-order valence-corrected chi connectivity index (χ2v) is 2.74. The lowest BCUT2D eigenvalue weighted by molar-refractivity contribution is 0.560. The Morgan fingerprint density at radius 2 is 1.54 bits per heavy atom. The minimum atomic E-state index is 0.662. The highest BCUT2D eigenvalue weighted by molar-refractivity contribution is 5.32. The summed E-state index contributed by atoms with van der Waals surface area (Å²) in [4.78, 5) is 13.1. The van der Waals surface area contributed by atoms with Gasteiger partial charge in [-0.1, -0.05) is 52.9 Å². The van der Waals surface area contributed by atoms with Gasteiger partial charge < -0.3 is 0 Å². The molecule has 0 fully saturated rings. The fourth-order valence-electron chi connectivity index (χ4n) is 1.02. The maximum Gasteiger partial charge on any atom is 0.234 e. The van der Waals surface area contributed by atoms with Crippen molar-refractivity contribution in [2.24, 2.45) is 4.99 Å². The molecule has 0 aliphatic carbocycles. The molecule has 0 rings (SSSR count). The van der Waals surface area contributed by atoms with Crippen LogP contribution in [0.3, 0.4) is 0 Å². The molecule has 13 heavy (non-hydrogen) atoms. The predicted molar refractivity (Wildman–Crippen MR) is 57.7 cm³/mol. The van der Waals surface area contributed by atoms with E-state index in [0.717, 1.165) is 6.42 Å². The molecule has 0 aliphatic heterocycles. The molecule has 0 aliphatic rings. The van der Waals surface area contributed by atoms with Crippen LogP contribution >= 0.6 is 0 Å². The summed E-state index contributed by atoms with van der Waals surface area (Å²) in [5.74, 6) is 0. The summed E-state index contributed by atoms with van der Waals surface area (Å²) in [7, 11) is 0. The molecule has 0 bridgehead atoms. The van der Waals surface area contributed by atoms with E-state index in [1.165, 1.54) is 32.1 Å². The van der Waals surface area contributed by atoms with Gasteiger partial charge in [-0.15, -0.1) is 0 Å². The van der Waals surface area contributed by atoms with Crippen molar-refractivity contribution >= 4 is 6.08 Å². The van der Waals surface area contributed by atoms with Gasteiger partial charge in [0.05, 0.1) is 6.54 Å². The summed E-state index contributed by atoms with van der Waals surface area (Å²) in [5.41, 5.74) is 0. The van der Waals surface area contributed by atoms with E-state index < -0.39 is 0 Å². The lowest BCUT2D eigenvalue weighted by Crippen LogP contribution is -1.81. The standard InChI is InChI=1S/C9H17NO.C2H6/c1-2-3-4-5-6-7-8-10-9-11;1-2/h2-8H2,1H3;1-2H3. The van der Waals surface area contributed by atoms with Gasteiger partial charge in [0, 0.05) is 0 Å². The second-order valence-electron chi connectivity index (χ2n) is 2.74. The van der Waals surface area contributed by atoms with E-state index in [2.05, 4.69) is 11.9 Å². The third kappa shape index (κ3) is 18.4. The molecule has 0 saturated carbocycles. The number of hydrogen-bond acceptors (Lipinski definition) is 2. The Balaban J connectivity index is 0. The number of nitrogens with zero attached hydrogens (tertiary/aromatic N) is 1. The van der Waals surface area contributed by atoms with E-state index in [0.29, 0.717) is 6.54 Å². The molecule has 78 valence electrons. The fourth-order valence-corrected chi connectivity index (χ4v) is 1.02. The quantitative estimate of drug-likeness (QED) is 0.338. The molecule has 0 aromatic rings. The van der Waals surface area contributed by atoms with Crippen molar-refractivity contribution in [2.45, 2.75) is 59.3 Å². The zero-order chi connectivity index (χ0) is 10.4. The molecule has 0 spiro atoms. The van der Waals surface area contributed by atoms with Crippen molar-refractivity contribution < 1.29 is 4.79 Å². The molecule has 0 N–H and O–H groups in total. The second kappa shape index (κ2) is 17.5. The summed E-state index contributed by atoms with van der Waals surface area (Å²) in [5, 5.41) is 0. The topological polar surface area (TPSA) is 29.4 Å². The van der Waals surface area contributed by atoms with Crippen LogP contribution in [0.5, 0.6) is 0 Å². The Bertz CT molecular complexity index is 117. The number of carbonyl (C=O) groups excluding carboxylic acids is 1. The smallest absolute Gasteiger partial charge is 0.211 e. The Kier molecular flexibility index (Phi) is 20.0. The summed E-state index contributed by atoms with van der Waals surface area (Å²) in [6.45, 7) is 6.87. The maximum absolute atomic E-state index is 9.65. The van der Waals surface area contributed by atoms with Crippen LogP contribution in [-0.4, -0.2) is 12.6 Å². The van der Waals surface area contributed by atoms with Crippen LogP contribution in [0.4, 0.5) is 0 Å². The zero-order valence-electron chi connectivity index (χ0n) is 9.31. The first kappa shape index (κ1) is 14.9. The molecule has 0 aromatic carbocycles. The average molecular weight is 185 g/mol. The van der Waals surface area contributed by atoms with Crippen molar-refractivity contribution in [2.75, 3.05) is 6.54 Å². The van der Waals surface area contributed by atoms with Crippen LogP contribution in [0.1, 0.15) is 59.3 Å². The predicted octanol–water partition coefficient (Wildman–Crippen LogP) is 3.71. The van der Waals surface area contributed by atoms with Crippen LogP contribution in [0.15, 0.2) is 4.99 Å². The normalized spacial score (nSPS) is 8.23.